The van der Waals surface area contributed by atoms with Gasteiger partial charge in [0.05, 0.1) is 0 Å². The molecule has 4 nitrogen and oxygen atoms in total. The van der Waals surface area contributed by atoms with E-state index in [0.29, 0.717) is 0 Å². The fourth-order valence-electron chi connectivity index (χ4n) is 2.85. The molecule has 4 heteroatoms. The number of fused-ring (bicyclic) bond motifs is 1. The maximum Gasteiger partial charge on any atom is 0.324 e. The van der Waals surface area contributed by atoms with Crippen molar-refractivity contribution >= 4 is 16.9 Å². The van der Waals surface area contributed by atoms with E-state index in [1.54, 1.807) is 0 Å². The van der Waals surface area contributed by atoms with E-state index in [1.165, 1.54) is 0 Å². The number of esters is 1. The Balaban J connectivity index is 2.36. The van der Waals surface area contributed by atoms with Crippen LogP contribution in [0.1, 0.15) is 46.1 Å². The third kappa shape index (κ3) is 3.50. The van der Waals surface area contributed by atoms with Gasteiger partial charge in [-0.15, -0.1) is 0 Å². The van der Waals surface area contributed by atoms with Crippen LogP contribution in [-0.2, 0) is 9.53 Å². The fourth-order valence-corrected chi connectivity index (χ4v) is 2.85. The highest BCUT2D eigenvalue weighted by Crippen LogP contribution is 2.33. The molecule has 0 saturated heterocycles. The summed E-state index contributed by atoms with van der Waals surface area (Å²) in [5.74, 6) is -0.218. The average molecular weight is 302 g/mol. The van der Waals surface area contributed by atoms with E-state index in [2.05, 4.69) is 24.9 Å². The summed E-state index contributed by atoms with van der Waals surface area (Å²) in [5, 5.41) is 1.11. The average Bonchev–Trinajstić information content (AvgIpc) is 2.81. The van der Waals surface area contributed by atoms with Crippen LogP contribution >= 0.6 is 0 Å². The first-order valence-corrected chi connectivity index (χ1v) is 7.75. The predicted octanol–water partition coefficient (Wildman–Crippen LogP) is 3.58. The summed E-state index contributed by atoms with van der Waals surface area (Å²) in [6, 6.07) is 7.38. The molecule has 0 amide bonds. The molecule has 0 fully saturated rings. The number of hydrogen-bond acceptors (Lipinski definition) is 3. The second-order valence-electron chi connectivity index (χ2n) is 7.12. The largest absolute Gasteiger partial charge is 0.459 e. The zero-order valence-corrected chi connectivity index (χ0v) is 14.0. The van der Waals surface area contributed by atoms with Gasteiger partial charge in [0.1, 0.15) is 11.6 Å². The van der Waals surface area contributed by atoms with Gasteiger partial charge in [0.25, 0.3) is 0 Å². The number of aromatic amines is 1. The molecule has 0 aliphatic rings. The van der Waals surface area contributed by atoms with Gasteiger partial charge in [-0.1, -0.05) is 32.0 Å². The third-order valence-corrected chi connectivity index (χ3v) is 3.76. The lowest BCUT2D eigenvalue weighted by Gasteiger charge is -2.29. The van der Waals surface area contributed by atoms with E-state index in [1.807, 2.05) is 45.2 Å². The number of carbonyl (C=O) groups excluding carboxylic acids is 1. The molecule has 2 atom stereocenters. The highest BCUT2D eigenvalue weighted by atomic mass is 16.6. The second kappa shape index (κ2) is 6.13. The molecular weight excluding hydrogens is 276 g/mol. The quantitative estimate of drug-likeness (QED) is 0.848. The Hall–Kier alpha value is -1.81. The van der Waals surface area contributed by atoms with Crippen molar-refractivity contribution in [3.05, 3.63) is 36.0 Å². The first-order valence-electron chi connectivity index (χ1n) is 7.75. The van der Waals surface area contributed by atoms with Crippen LogP contribution in [0.4, 0.5) is 0 Å². The van der Waals surface area contributed by atoms with Crippen molar-refractivity contribution in [3.63, 3.8) is 0 Å². The smallest absolute Gasteiger partial charge is 0.324 e. The van der Waals surface area contributed by atoms with Crippen LogP contribution in [0.3, 0.4) is 0 Å². The Kier molecular flexibility index (Phi) is 4.61. The summed E-state index contributed by atoms with van der Waals surface area (Å²) in [6.07, 6.45) is 1.96. The molecule has 0 bridgehead atoms. The van der Waals surface area contributed by atoms with E-state index >= 15 is 0 Å². The summed E-state index contributed by atoms with van der Waals surface area (Å²) in [5.41, 5.74) is 7.86. The minimum atomic E-state index is -0.682. The van der Waals surface area contributed by atoms with Gasteiger partial charge >= 0.3 is 5.97 Å². The number of aromatic nitrogens is 1. The van der Waals surface area contributed by atoms with E-state index in [4.69, 9.17) is 10.5 Å². The maximum absolute atomic E-state index is 12.4. The lowest BCUT2D eigenvalue weighted by atomic mass is 9.82. The van der Waals surface area contributed by atoms with E-state index in [0.717, 1.165) is 16.5 Å². The minimum Gasteiger partial charge on any atom is -0.459 e. The summed E-state index contributed by atoms with van der Waals surface area (Å²) in [7, 11) is 0. The molecule has 2 aromatic rings. The van der Waals surface area contributed by atoms with Gasteiger partial charge in [0.15, 0.2) is 0 Å². The van der Waals surface area contributed by atoms with Crippen LogP contribution in [-0.4, -0.2) is 22.6 Å². The van der Waals surface area contributed by atoms with Crippen LogP contribution in [0.5, 0.6) is 0 Å². The highest BCUT2D eigenvalue weighted by molar-refractivity contribution is 5.85. The molecule has 0 unspecified atom stereocenters. The minimum absolute atomic E-state index is 0.0917. The van der Waals surface area contributed by atoms with Gasteiger partial charge in [-0.05, 0) is 38.3 Å². The number of para-hydroxylation sites is 1. The van der Waals surface area contributed by atoms with Gasteiger partial charge in [-0.2, -0.15) is 0 Å². The molecule has 1 heterocycles. The van der Waals surface area contributed by atoms with Crippen molar-refractivity contribution in [1.29, 1.82) is 0 Å². The Morgan fingerprint density at radius 2 is 1.86 bits per heavy atom. The molecule has 3 N–H and O–H groups in total. The number of hydrogen-bond donors (Lipinski definition) is 2. The van der Waals surface area contributed by atoms with E-state index < -0.39 is 11.6 Å². The number of benzene rings is 1. The number of nitrogens with one attached hydrogen (secondary N) is 1. The zero-order chi connectivity index (χ0) is 16.5. The highest BCUT2D eigenvalue weighted by Gasteiger charge is 2.33. The Bertz CT molecular complexity index is 652. The first-order chi connectivity index (χ1) is 10.2. The lowest BCUT2D eigenvalue weighted by Crippen LogP contribution is -2.43. The molecule has 22 heavy (non-hydrogen) atoms. The van der Waals surface area contributed by atoms with E-state index in [9.17, 15) is 4.79 Å². The number of rotatable bonds is 4. The molecule has 2 rings (SSSR count). The summed E-state index contributed by atoms with van der Waals surface area (Å²) in [6.45, 7) is 9.72. The summed E-state index contributed by atoms with van der Waals surface area (Å²) < 4.78 is 5.47. The normalized spacial score (nSPS) is 15.0. The Morgan fingerprint density at radius 3 is 2.45 bits per heavy atom. The van der Waals surface area contributed by atoms with Gasteiger partial charge < -0.3 is 15.5 Å². The number of ether oxygens (including phenoxy) is 1. The summed E-state index contributed by atoms with van der Waals surface area (Å²) >= 11 is 0. The SMILES string of the molecule is CC(C)[C@H](c1c[nH]c2ccccc12)[C@@H](N)C(=O)OC(C)(C)C. The van der Waals surface area contributed by atoms with Crippen LogP contribution in [0.25, 0.3) is 10.9 Å². The first kappa shape index (κ1) is 16.6. The fraction of sp³-hybridized carbons (Fsp3) is 0.500. The zero-order valence-electron chi connectivity index (χ0n) is 14.0. The number of carbonyl (C=O) groups is 1. The van der Waals surface area contributed by atoms with Crippen molar-refractivity contribution in [3.8, 4) is 0 Å². The number of H-pyrrole nitrogens is 1. The molecule has 0 saturated carbocycles. The lowest BCUT2D eigenvalue weighted by molar-refractivity contribution is -0.157. The van der Waals surface area contributed by atoms with Gasteiger partial charge in [-0.3, -0.25) is 4.79 Å². The molecule has 0 aliphatic carbocycles. The molecule has 120 valence electrons. The standard InChI is InChI=1S/C18H26N2O2/c1-11(2)15(16(19)17(21)22-18(3,4)5)13-10-20-14-9-7-6-8-12(13)14/h6-11,15-16,20H,19H2,1-5H3/t15-,16-/m1/s1. The van der Waals surface area contributed by atoms with Crippen LogP contribution in [0.2, 0.25) is 0 Å². The van der Waals surface area contributed by atoms with Crippen molar-refractivity contribution in [2.75, 3.05) is 0 Å². The van der Waals surface area contributed by atoms with Crippen LogP contribution in [0, 0.1) is 5.92 Å². The molecule has 1 aromatic carbocycles. The van der Waals surface area contributed by atoms with Gasteiger partial charge in [-0.25, -0.2) is 0 Å². The van der Waals surface area contributed by atoms with Crippen molar-refractivity contribution in [2.45, 2.75) is 52.2 Å². The summed E-state index contributed by atoms with van der Waals surface area (Å²) in [4.78, 5) is 15.6. The topological polar surface area (TPSA) is 68.1 Å². The third-order valence-electron chi connectivity index (χ3n) is 3.76. The Labute approximate surface area is 132 Å². The number of nitrogens with two attached hydrogens (primary N) is 1. The monoisotopic (exact) mass is 302 g/mol. The maximum atomic E-state index is 12.4. The van der Waals surface area contributed by atoms with Crippen molar-refractivity contribution < 1.29 is 9.53 Å². The van der Waals surface area contributed by atoms with Crippen LogP contribution < -0.4 is 5.73 Å². The van der Waals surface area contributed by atoms with E-state index in [-0.39, 0.29) is 17.8 Å². The van der Waals surface area contributed by atoms with Crippen molar-refractivity contribution in [2.24, 2.45) is 11.7 Å². The Morgan fingerprint density at radius 1 is 1.23 bits per heavy atom. The molecule has 0 spiro atoms. The molecule has 0 aliphatic heterocycles. The van der Waals surface area contributed by atoms with Crippen LogP contribution in [0.15, 0.2) is 30.5 Å². The predicted molar refractivity (Wildman–Crippen MR) is 89.7 cm³/mol. The van der Waals surface area contributed by atoms with Gasteiger partial charge in [0.2, 0.25) is 0 Å². The molecule has 0 radical (unpaired) electrons. The second-order valence-corrected chi connectivity index (χ2v) is 7.12. The van der Waals surface area contributed by atoms with Crippen molar-refractivity contribution in [1.82, 2.24) is 4.98 Å². The molecule has 1 aromatic heterocycles. The molecular formula is C18H26N2O2. The van der Waals surface area contributed by atoms with Gasteiger partial charge in [0, 0.05) is 23.0 Å².